The van der Waals surface area contributed by atoms with Gasteiger partial charge in [0, 0.05) is 37.4 Å². The lowest BCUT2D eigenvalue weighted by Gasteiger charge is -2.24. The maximum absolute atomic E-state index is 9.00. The van der Waals surface area contributed by atoms with Crippen molar-refractivity contribution in [3.63, 3.8) is 0 Å². The summed E-state index contributed by atoms with van der Waals surface area (Å²) >= 11 is 0. The molecule has 0 aliphatic carbocycles. The highest BCUT2D eigenvalue weighted by Crippen LogP contribution is 2.27. The van der Waals surface area contributed by atoms with Crippen LogP contribution in [0, 0.1) is 5.92 Å². The second kappa shape index (κ2) is 7.80. The summed E-state index contributed by atoms with van der Waals surface area (Å²) in [6.07, 6.45) is 3.72. The zero-order valence-electron chi connectivity index (χ0n) is 13.5. The highest BCUT2D eigenvalue weighted by Gasteiger charge is 2.15. The number of aromatic nitrogens is 1. The Hall–Kier alpha value is -2.07. The number of benzene rings is 1. The van der Waals surface area contributed by atoms with E-state index in [4.69, 9.17) is 5.11 Å². The first-order valence-electron chi connectivity index (χ1n) is 7.70. The number of rotatable bonds is 7. The molecular weight excluding hydrogens is 274 g/mol. The second-order valence-corrected chi connectivity index (χ2v) is 5.84. The number of likely N-dealkylation sites (N-methyl/N-ethyl adjacent to an activating group) is 1. The van der Waals surface area contributed by atoms with E-state index >= 15 is 0 Å². The van der Waals surface area contributed by atoms with Crippen molar-refractivity contribution in [1.29, 1.82) is 0 Å². The second-order valence-electron chi connectivity index (χ2n) is 5.84. The van der Waals surface area contributed by atoms with Gasteiger partial charge in [-0.3, -0.25) is 4.98 Å². The molecule has 0 saturated heterocycles. The summed E-state index contributed by atoms with van der Waals surface area (Å²) in [4.78, 5) is 6.25. The molecule has 4 nitrogen and oxygen atoms in total. The van der Waals surface area contributed by atoms with Crippen LogP contribution in [0.2, 0.25) is 0 Å². The van der Waals surface area contributed by atoms with Gasteiger partial charge in [-0.25, -0.2) is 0 Å². The van der Waals surface area contributed by atoms with Gasteiger partial charge < -0.3 is 15.3 Å². The fourth-order valence-corrected chi connectivity index (χ4v) is 2.47. The van der Waals surface area contributed by atoms with Gasteiger partial charge in [0.05, 0.1) is 12.6 Å². The van der Waals surface area contributed by atoms with Crippen LogP contribution in [-0.2, 0) is 0 Å². The van der Waals surface area contributed by atoms with Crippen LogP contribution in [0.3, 0.4) is 0 Å². The predicted octanol–water partition coefficient (Wildman–Crippen LogP) is 3.32. The van der Waals surface area contributed by atoms with Gasteiger partial charge in [-0.1, -0.05) is 19.9 Å². The maximum atomic E-state index is 9.00. The van der Waals surface area contributed by atoms with E-state index in [0.717, 1.165) is 11.4 Å². The lowest BCUT2D eigenvalue weighted by molar-refractivity contribution is 0.304. The molecule has 0 radical (unpaired) electrons. The number of anilines is 2. The van der Waals surface area contributed by atoms with Gasteiger partial charge in [0.25, 0.3) is 0 Å². The van der Waals surface area contributed by atoms with Crippen molar-refractivity contribution < 1.29 is 5.11 Å². The average Bonchev–Trinajstić information content (AvgIpc) is 2.54. The third-order valence-electron chi connectivity index (χ3n) is 3.78. The zero-order valence-corrected chi connectivity index (χ0v) is 13.5. The summed E-state index contributed by atoms with van der Waals surface area (Å²) in [5.74, 6) is 0.459. The van der Waals surface area contributed by atoms with E-state index in [0.29, 0.717) is 12.5 Å². The van der Waals surface area contributed by atoms with Crippen LogP contribution in [0.1, 0.15) is 25.5 Å². The molecule has 0 spiro atoms. The normalized spacial score (nSPS) is 12.2. The Labute approximate surface area is 132 Å². The summed E-state index contributed by atoms with van der Waals surface area (Å²) in [6.45, 7) is 5.20. The molecule has 0 amide bonds. The van der Waals surface area contributed by atoms with Gasteiger partial charge in [-0.05, 0) is 41.8 Å². The molecule has 2 rings (SSSR count). The summed E-state index contributed by atoms with van der Waals surface area (Å²) in [7, 11) is 1.98. The number of pyridine rings is 1. The fourth-order valence-electron chi connectivity index (χ4n) is 2.47. The molecule has 2 aromatic rings. The Morgan fingerprint density at radius 2 is 1.91 bits per heavy atom. The lowest BCUT2D eigenvalue weighted by Crippen LogP contribution is -2.21. The molecule has 0 aliphatic heterocycles. The van der Waals surface area contributed by atoms with Gasteiger partial charge in [-0.15, -0.1) is 0 Å². The topological polar surface area (TPSA) is 48.4 Å². The van der Waals surface area contributed by atoms with E-state index in [1.54, 1.807) is 6.20 Å². The molecule has 0 saturated carbocycles. The third kappa shape index (κ3) is 4.21. The van der Waals surface area contributed by atoms with E-state index < -0.39 is 0 Å². The van der Waals surface area contributed by atoms with E-state index in [1.165, 1.54) is 5.56 Å². The fraction of sp³-hybridized carbons (Fsp3) is 0.389. The first kappa shape index (κ1) is 16.3. The molecule has 1 unspecified atom stereocenters. The van der Waals surface area contributed by atoms with Crippen molar-refractivity contribution in [1.82, 2.24) is 4.98 Å². The van der Waals surface area contributed by atoms with E-state index in [-0.39, 0.29) is 12.6 Å². The highest BCUT2D eigenvalue weighted by molar-refractivity contribution is 5.55. The number of aliphatic hydroxyl groups excluding tert-OH is 1. The molecule has 2 N–H and O–H groups in total. The summed E-state index contributed by atoms with van der Waals surface area (Å²) < 4.78 is 0. The molecule has 1 aromatic carbocycles. The Kier molecular flexibility index (Phi) is 5.78. The zero-order chi connectivity index (χ0) is 15.9. The lowest BCUT2D eigenvalue weighted by atomic mass is 9.97. The monoisotopic (exact) mass is 299 g/mol. The highest BCUT2D eigenvalue weighted by atomic mass is 16.3. The van der Waals surface area contributed by atoms with Crippen molar-refractivity contribution in [3.8, 4) is 0 Å². The minimum Gasteiger partial charge on any atom is -0.395 e. The average molecular weight is 299 g/mol. The molecule has 1 atom stereocenters. The molecule has 1 aromatic heterocycles. The molecule has 1 heterocycles. The van der Waals surface area contributed by atoms with Crippen molar-refractivity contribution >= 4 is 11.4 Å². The number of hydrogen-bond acceptors (Lipinski definition) is 4. The van der Waals surface area contributed by atoms with Gasteiger partial charge in [0.2, 0.25) is 0 Å². The van der Waals surface area contributed by atoms with Crippen molar-refractivity contribution in [2.45, 2.75) is 19.9 Å². The Balaban J connectivity index is 2.11. The van der Waals surface area contributed by atoms with Gasteiger partial charge in [0.15, 0.2) is 0 Å². The summed E-state index contributed by atoms with van der Waals surface area (Å²) in [6, 6.07) is 12.6. The van der Waals surface area contributed by atoms with Gasteiger partial charge in [0.1, 0.15) is 0 Å². The standard InChI is InChI=1S/C18H25N3O/c1-14(2)18(15-5-4-10-19-13-15)20-16-6-8-17(9-7-16)21(3)11-12-22/h4-10,13-14,18,20,22H,11-12H2,1-3H3. The first-order valence-corrected chi connectivity index (χ1v) is 7.70. The Morgan fingerprint density at radius 1 is 1.18 bits per heavy atom. The molecular formula is C18H25N3O. The number of hydrogen-bond donors (Lipinski definition) is 2. The van der Waals surface area contributed by atoms with Crippen LogP contribution in [0.25, 0.3) is 0 Å². The molecule has 22 heavy (non-hydrogen) atoms. The van der Waals surface area contributed by atoms with Crippen LogP contribution in [-0.4, -0.2) is 30.3 Å². The minimum absolute atomic E-state index is 0.160. The summed E-state index contributed by atoms with van der Waals surface area (Å²) in [5.41, 5.74) is 3.38. The molecule has 0 bridgehead atoms. The molecule has 4 heteroatoms. The predicted molar refractivity (Wildman–Crippen MR) is 92.2 cm³/mol. The Morgan fingerprint density at radius 3 is 2.45 bits per heavy atom. The molecule has 0 fully saturated rings. The van der Waals surface area contributed by atoms with Gasteiger partial charge >= 0.3 is 0 Å². The van der Waals surface area contributed by atoms with Crippen molar-refractivity contribution in [2.75, 3.05) is 30.4 Å². The number of nitrogens with zero attached hydrogens (tertiary/aromatic N) is 2. The first-order chi connectivity index (χ1) is 10.6. The van der Waals surface area contributed by atoms with Crippen LogP contribution in [0.5, 0.6) is 0 Å². The van der Waals surface area contributed by atoms with E-state index in [9.17, 15) is 0 Å². The quantitative estimate of drug-likeness (QED) is 0.823. The van der Waals surface area contributed by atoms with Crippen LogP contribution in [0.4, 0.5) is 11.4 Å². The largest absolute Gasteiger partial charge is 0.395 e. The number of aliphatic hydroxyl groups is 1. The van der Waals surface area contributed by atoms with Crippen LogP contribution >= 0.6 is 0 Å². The van der Waals surface area contributed by atoms with Gasteiger partial charge in [-0.2, -0.15) is 0 Å². The van der Waals surface area contributed by atoms with Crippen molar-refractivity contribution in [3.05, 3.63) is 54.4 Å². The van der Waals surface area contributed by atoms with E-state index in [2.05, 4.69) is 54.5 Å². The van der Waals surface area contributed by atoms with Crippen molar-refractivity contribution in [2.24, 2.45) is 5.92 Å². The molecule has 118 valence electrons. The Bertz CT molecular complexity index is 554. The SMILES string of the molecule is CC(C)C(Nc1ccc(N(C)CCO)cc1)c1cccnc1. The minimum atomic E-state index is 0.160. The third-order valence-corrected chi connectivity index (χ3v) is 3.78. The number of nitrogens with one attached hydrogen (secondary N) is 1. The van der Waals surface area contributed by atoms with E-state index in [1.807, 2.05) is 24.2 Å². The smallest absolute Gasteiger partial charge is 0.0606 e. The van der Waals surface area contributed by atoms with Crippen LogP contribution < -0.4 is 10.2 Å². The van der Waals surface area contributed by atoms with Crippen LogP contribution in [0.15, 0.2) is 48.8 Å². The molecule has 0 aliphatic rings. The maximum Gasteiger partial charge on any atom is 0.0606 e. The summed E-state index contributed by atoms with van der Waals surface area (Å²) in [5, 5.41) is 12.6.